The molecule has 0 aliphatic carbocycles. The minimum atomic E-state index is 0.262. The van der Waals surface area contributed by atoms with Gasteiger partial charge < -0.3 is 0 Å². The van der Waals surface area contributed by atoms with Crippen LogP contribution in [0.2, 0.25) is 0 Å². The molecule has 20 heavy (non-hydrogen) atoms. The summed E-state index contributed by atoms with van der Waals surface area (Å²) in [7, 11) is 0. The van der Waals surface area contributed by atoms with Gasteiger partial charge in [0, 0.05) is 5.56 Å². The fourth-order valence-corrected chi connectivity index (χ4v) is 1.87. The van der Waals surface area contributed by atoms with Crippen LogP contribution in [0.1, 0.15) is 11.1 Å². The van der Waals surface area contributed by atoms with Crippen molar-refractivity contribution in [2.45, 2.75) is 0 Å². The lowest BCUT2D eigenvalue weighted by atomic mass is 9.97. The second kappa shape index (κ2) is 6.21. The number of nitrogens with zero attached hydrogens (tertiary/aromatic N) is 2. The SMILES string of the molecule is C=C(c1ccccc1)c1cccc(N=C=O)c1N=C=O. The fourth-order valence-electron chi connectivity index (χ4n) is 1.87. The molecule has 4 nitrogen and oxygen atoms in total. The van der Waals surface area contributed by atoms with Crippen LogP contribution in [0.5, 0.6) is 0 Å². The van der Waals surface area contributed by atoms with E-state index in [0.29, 0.717) is 11.1 Å². The molecule has 0 aliphatic rings. The van der Waals surface area contributed by atoms with Crippen molar-refractivity contribution in [3.05, 3.63) is 66.2 Å². The number of carbonyl (C=O) groups excluding carboxylic acids is 2. The van der Waals surface area contributed by atoms with Crippen molar-refractivity contribution in [1.29, 1.82) is 0 Å². The van der Waals surface area contributed by atoms with E-state index in [-0.39, 0.29) is 11.4 Å². The summed E-state index contributed by atoms with van der Waals surface area (Å²) in [5.41, 5.74) is 2.72. The van der Waals surface area contributed by atoms with Crippen molar-refractivity contribution < 1.29 is 9.59 Å². The summed E-state index contributed by atoms with van der Waals surface area (Å²) in [6, 6.07) is 14.5. The Balaban J connectivity index is 2.62. The van der Waals surface area contributed by atoms with Gasteiger partial charge in [-0.3, -0.25) is 0 Å². The van der Waals surface area contributed by atoms with Gasteiger partial charge in [0.05, 0.1) is 0 Å². The predicted octanol–water partition coefficient (Wildman–Crippen LogP) is 3.68. The zero-order valence-corrected chi connectivity index (χ0v) is 10.5. The molecule has 0 bridgehead atoms. The van der Waals surface area contributed by atoms with Crippen LogP contribution in [0.15, 0.2) is 65.1 Å². The lowest BCUT2D eigenvalue weighted by Crippen LogP contribution is -1.87. The fraction of sp³-hybridized carbons (Fsp3) is 0. The molecule has 4 heteroatoms. The number of hydrogen-bond acceptors (Lipinski definition) is 4. The Labute approximate surface area is 115 Å². The molecule has 0 aromatic heterocycles. The van der Waals surface area contributed by atoms with Crippen molar-refractivity contribution in [2.75, 3.05) is 0 Å². The van der Waals surface area contributed by atoms with Crippen LogP contribution in [0, 0.1) is 0 Å². The van der Waals surface area contributed by atoms with Crippen molar-refractivity contribution >= 4 is 29.1 Å². The van der Waals surface area contributed by atoms with Crippen molar-refractivity contribution in [2.24, 2.45) is 9.98 Å². The first-order valence-corrected chi connectivity index (χ1v) is 5.81. The molecule has 0 amide bonds. The molecule has 0 unspecified atom stereocenters. The maximum atomic E-state index is 10.6. The van der Waals surface area contributed by atoms with Gasteiger partial charge in [-0.1, -0.05) is 49.0 Å². The van der Waals surface area contributed by atoms with E-state index in [2.05, 4.69) is 16.6 Å². The van der Waals surface area contributed by atoms with Gasteiger partial charge in [-0.05, 0) is 17.2 Å². The molecule has 0 radical (unpaired) electrons. The Morgan fingerprint density at radius 2 is 1.60 bits per heavy atom. The van der Waals surface area contributed by atoms with Crippen LogP contribution in [-0.2, 0) is 9.59 Å². The van der Waals surface area contributed by atoms with Crippen molar-refractivity contribution in [3.63, 3.8) is 0 Å². The van der Waals surface area contributed by atoms with Gasteiger partial charge in [0.2, 0.25) is 12.2 Å². The van der Waals surface area contributed by atoms with Gasteiger partial charge in [0.25, 0.3) is 0 Å². The second-order valence-corrected chi connectivity index (χ2v) is 3.92. The number of aliphatic imine (C=N–C) groups is 2. The number of rotatable bonds is 4. The Hall–Kier alpha value is -3.06. The lowest BCUT2D eigenvalue weighted by molar-refractivity contribution is 0.564. The summed E-state index contributed by atoms with van der Waals surface area (Å²) in [5.74, 6) is 0. The van der Waals surface area contributed by atoms with Crippen LogP contribution in [0.4, 0.5) is 11.4 Å². The number of isocyanates is 2. The summed E-state index contributed by atoms with van der Waals surface area (Å²) < 4.78 is 0. The second-order valence-electron chi connectivity index (χ2n) is 3.92. The molecular formula is C16H10N2O2. The molecule has 0 atom stereocenters. The first-order chi connectivity index (χ1) is 9.77. The lowest BCUT2D eigenvalue weighted by Gasteiger charge is -2.09. The van der Waals surface area contributed by atoms with Crippen molar-refractivity contribution in [3.8, 4) is 0 Å². The summed E-state index contributed by atoms with van der Waals surface area (Å²) in [4.78, 5) is 28.2. The summed E-state index contributed by atoms with van der Waals surface area (Å²) >= 11 is 0. The first-order valence-electron chi connectivity index (χ1n) is 5.81. The predicted molar refractivity (Wildman–Crippen MR) is 76.6 cm³/mol. The van der Waals surface area contributed by atoms with Crippen LogP contribution >= 0.6 is 0 Å². The molecule has 0 saturated carbocycles. The highest BCUT2D eigenvalue weighted by Gasteiger charge is 2.11. The zero-order chi connectivity index (χ0) is 14.4. The maximum absolute atomic E-state index is 10.6. The average molecular weight is 262 g/mol. The molecule has 2 rings (SSSR count). The van der Waals surface area contributed by atoms with E-state index in [1.54, 1.807) is 18.2 Å². The normalized spacial score (nSPS) is 9.20. The largest absolute Gasteiger partial charge is 0.240 e. The maximum Gasteiger partial charge on any atom is 0.240 e. The van der Waals surface area contributed by atoms with Gasteiger partial charge in [-0.25, -0.2) is 9.59 Å². The number of benzene rings is 2. The zero-order valence-electron chi connectivity index (χ0n) is 10.5. The molecule has 0 N–H and O–H groups in total. The van der Waals surface area contributed by atoms with E-state index in [0.717, 1.165) is 5.56 Å². The summed E-state index contributed by atoms with van der Waals surface area (Å²) in [6.45, 7) is 4.01. The molecule has 0 heterocycles. The molecule has 2 aromatic rings. The third-order valence-corrected chi connectivity index (χ3v) is 2.79. The summed E-state index contributed by atoms with van der Waals surface area (Å²) in [6.07, 6.45) is 2.92. The number of para-hydroxylation sites is 1. The van der Waals surface area contributed by atoms with E-state index in [9.17, 15) is 9.59 Å². The van der Waals surface area contributed by atoms with E-state index in [1.807, 2.05) is 30.3 Å². The highest BCUT2D eigenvalue weighted by Crippen LogP contribution is 2.37. The van der Waals surface area contributed by atoms with Gasteiger partial charge in [-0.2, -0.15) is 9.98 Å². The van der Waals surface area contributed by atoms with E-state index in [1.165, 1.54) is 12.2 Å². The molecule has 0 fully saturated rings. The molecular weight excluding hydrogens is 252 g/mol. The quantitative estimate of drug-likeness (QED) is 0.623. The minimum Gasteiger partial charge on any atom is -0.211 e. The molecule has 96 valence electrons. The van der Waals surface area contributed by atoms with Crippen LogP contribution in [0.25, 0.3) is 5.57 Å². The standard InChI is InChI=1S/C16H10N2O2/c1-12(13-6-3-2-4-7-13)14-8-5-9-15(17-10-19)16(14)18-11-20/h2-9H,1H2. The Morgan fingerprint density at radius 3 is 2.25 bits per heavy atom. The third kappa shape index (κ3) is 2.68. The van der Waals surface area contributed by atoms with Gasteiger partial charge in [0.15, 0.2) is 0 Å². The van der Waals surface area contributed by atoms with E-state index < -0.39 is 0 Å². The van der Waals surface area contributed by atoms with E-state index >= 15 is 0 Å². The first kappa shape index (κ1) is 13.4. The molecule has 2 aromatic carbocycles. The van der Waals surface area contributed by atoms with Crippen molar-refractivity contribution in [1.82, 2.24) is 0 Å². The molecule has 0 aliphatic heterocycles. The van der Waals surface area contributed by atoms with Crippen LogP contribution in [0.3, 0.4) is 0 Å². The topological polar surface area (TPSA) is 58.9 Å². The smallest absolute Gasteiger partial charge is 0.211 e. The van der Waals surface area contributed by atoms with Gasteiger partial charge in [0.1, 0.15) is 11.4 Å². The number of hydrogen-bond donors (Lipinski definition) is 0. The Bertz CT molecular complexity index is 738. The van der Waals surface area contributed by atoms with Crippen LogP contribution in [-0.4, -0.2) is 12.2 Å². The van der Waals surface area contributed by atoms with Gasteiger partial charge in [-0.15, -0.1) is 0 Å². The van der Waals surface area contributed by atoms with Crippen LogP contribution < -0.4 is 0 Å². The Kier molecular flexibility index (Phi) is 4.15. The third-order valence-electron chi connectivity index (χ3n) is 2.79. The average Bonchev–Trinajstić information content (AvgIpc) is 2.49. The molecule has 0 saturated heterocycles. The Morgan fingerprint density at radius 1 is 0.900 bits per heavy atom. The van der Waals surface area contributed by atoms with E-state index in [4.69, 9.17) is 0 Å². The molecule has 0 spiro atoms. The highest BCUT2D eigenvalue weighted by molar-refractivity contribution is 5.89. The summed E-state index contributed by atoms with van der Waals surface area (Å²) in [5, 5.41) is 0. The van der Waals surface area contributed by atoms with Gasteiger partial charge >= 0.3 is 0 Å². The highest BCUT2D eigenvalue weighted by atomic mass is 16.1. The monoisotopic (exact) mass is 262 g/mol. The minimum absolute atomic E-state index is 0.262.